The highest BCUT2D eigenvalue weighted by Crippen LogP contribution is 2.05. The molecule has 0 saturated heterocycles. The summed E-state index contributed by atoms with van der Waals surface area (Å²) >= 11 is 1.51. The van der Waals surface area contributed by atoms with Crippen LogP contribution in [0, 0.1) is 0 Å². The lowest BCUT2D eigenvalue weighted by Crippen LogP contribution is -2.47. The van der Waals surface area contributed by atoms with Gasteiger partial charge in [0.25, 0.3) is 5.91 Å². The molecule has 1 heterocycles. The van der Waals surface area contributed by atoms with E-state index in [1.165, 1.54) is 11.3 Å². The van der Waals surface area contributed by atoms with Gasteiger partial charge in [0.2, 0.25) is 0 Å². The van der Waals surface area contributed by atoms with Crippen molar-refractivity contribution >= 4 is 29.6 Å². The van der Waals surface area contributed by atoms with E-state index in [4.69, 9.17) is 4.74 Å². The molecule has 1 aromatic carbocycles. The van der Waals surface area contributed by atoms with Gasteiger partial charge in [0.15, 0.2) is 0 Å². The molecule has 0 bridgehead atoms. The zero-order valence-electron chi connectivity index (χ0n) is 13.3. The third-order valence-corrected chi connectivity index (χ3v) is 3.88. The van der Waals surface area contributed by atoms with Gasteiger partial charge in [0, 0.05) is 11.3 Å². The van der Waals surface area contributed by atoms with Crippen molar-refractivity contribution in [2.45, 2.75) is 19.4 Å². The number of carbonyl (C=O) groups excluding carboxylic acids is 2. The molecule has 1 atom stereocenters. The molecule has 0 aliphatic rings. The smallest absolute Gasteiger partial charge is 0.407 e. The number of benzene rings is 1. The van der Waals surface area contributed by atoms with Crippen molar-refractivity contribution < 1.29 is 14.3 Å². The largest absolute Gasteiger partial charge is 0.450 e. The summed E-state index contributed by atoms with van der Waals surface area (Å²) in [4.78, 5) is 24.9. The van der Waals surface area contributed by atoms with Crippen molar-refractivity contribution in [3.63, 3.8) is 0 Å². The van der Waals surface area contributed by atoms with Gasteiger partial charge >= 0.3 is 6.09 Å². The molecule has 0 unspecified atom stereocenters. The van der Waals surface area contributed by atoms with Crippen LogP contribution < -0.4 is 10.7 Å². The fraction of sp³-hybridized carbons (Fsp3) is 0.235. The Balaban J connectivity index is 2.00. The predicted molar refractivity (Wildman–Crippen MR) is 94.1 cm³/mol. The molecule has 0 aliphatic heterocycles. The van der Waals surface area contributed by atoms with Gasteiger partial charge in [-0.2, -0.15) is 5.10 Å². The number of ether oxygens (including phenoxy) is 1. The second-order valence-electron chi connectivity index (χ2n) is 4.86. The number of hydrazone groups is 1. The molecule has 0 radical (unpaired) electrons. The lowest BCUT2D eigenvalue weighted by atomic mass is 10.1. The van der Waals surface area contributed by atoms with Crippen LogP contribution in [-0.2, 0) is 16.0 Å². The molecular weight excluding hydrogens is 326 g/mol. The highest BCUT2D eigenvalue weighted by Gasteiger charge is 2.21. The topological polar surface area (TPSA) is 79.8 Å². The summed E-state index contributed by atoms with van der Waals surface area (Å²) in [7, 11) is 0. The van der Waals surface area contributed by atoms with Gasteiger partial charge in [-0.15, -0.1) is 11.3 Å². The highest BCUT2D eigenvalue weighted by molar-refractivity contribution is 7.11. The molecule has 2 amide bonds. The number of nitrogens with zero attached hydrogens (tertiary/aromatic N) is 1. The Morgan fingerprint density at radius 1 is 1.25 bits per heavy atom. The van der Waals surface area contributed by atoms with Crippen LogP contribution in [0.5, 0.6) is 0 Å². The Morgan fingerprint density at radius 2 is 2.04 bits per heavy atom. The van der Waals surface area contributed by atoms with Crippen LogP contribution >= 0.6 is 11.3 Å². The average molecular weight is 345 g/mol. The van der Waals surface area contributed by atoms with Gasteiger partial charge < -0.3 is 10.1 Å². The molecule has 0 aliphatic carbocycles. The molecular formula is C17H19N3O3S. The zero-order chi connectivity index (χ0) is 17.2. The van der Waals surface area contributed by atoms with Crippen molar-refractivity contribution in [2.24, 2.45) is 5.10 Å². The molecule has 2 aromatic rings. The minimum Gasteiger partial charge on any atom is -0.450 e. The highest BCUT2D eigenvalue weighted by atomic mass is 32.1. The van der Waals surface area contributed by atoms with Crippen molar-refractivity contribution in [1.29, 1.82) is 0 Å². The summed E-state index contributed by atoms with van der Waals surface area (Å²) in [5.41, 5.74) is 3.38. The van der Waals surface area contributed by atoms with E-state index >= 15 is 0 Å². The molecule has 0 saturated carbocycles. The summed E-state index contributed by atoms with van der Waals surface area (Å²) in [5, 5.41) is 8.41. The summed E-state index contributed by atoms with van der Waals surface area (Å²) < 4.78 is 4.86. The van der Waals surface area contributed by atoms with Gasteiger partial charge in [-0.25, -0.2) is 10.2 Å². The van der Waals surface area contributed by atoms with E-state index in [2.05, 4.69) is 15.8 Å². The molecule has 0 fully saturated rings. The van der Waals surface area contributed by atoms with E-state index in [9.17, 15) is 9.59 Å². The maximum Gasteiger partial charge on any atom is 0.407 e. The molecule has 1 aromatic heterocycles. The lowest BCUT2D eigenvalue weighted by Gasteiger charge is -2.16. The zero-order valence-corrected chi connectivity index (χ0v) is 14.1. The Labute approximate surface area is 144 Å². The summed E-state index contributed by atoms with van der Waals surface area (Å²) in [6.45, 7) is 1.94. The molecule has 24 heavy (non-hydrogen) atoms. The number of thiophene rings is 1. The number of nitrogens with one attached hydrogen (secondary N) is 2. The minimum atomic E-state index is -0.771. The predicted octanol–water partition coefficient (Wildman–Crippen LogP) is 2.56. The van der Waals surface area contributed by atoms with Crippen LogP contribution in [0.1, 0.15) is 17.4 Å². The summed E-state index contributed by atoms with van der Waals surface area (Å²) in [5.74, 6) is -0.403. The van der Waals surface area contributed by atoms with Gasteiger partial charge in [-0.3, -0.25) is 4.79 Å². The molecule has 2 rings (SSSR count). The monoisotopic (exact) mass is 345 g/mol. The van der Waals surface area contributed by atoms with Crippen LogP contribution in [0.15, 0.2) is 52.9 Å². The van der Waals surface area contributed by atoms with Crippen LogP contribution in [0.2, 0.25) is 0 Å². The van der Waals surface area contributed by atoms with Crippen molar-refractivity contribution in [2.75, 3.05) is 6.61 Å². The first-order valence-corrected chi connectivity index (χ1v) is 8.40. The van der Waals surface area contributed by atoms with Gasteiger partial charge in [0.1, 0.15) is 6.04 Å². The fourth-order valence-electron chi connectivity index (χ4n) is 1.98. The minimum absolute atomic E-state index is 0.238. The van der Waals surface area contributed by atoms with E-state index in [-0.39, 0.29) is 6.61 Å². The number of carbonyl (C=O) groups is 2. The van der Waals surface area contributed by atoms with E-state index in [1.807, 2.05) is 47.8 Å². The Kier molecular flexibility index (Phi) is 6.97. The Bertz CT molecular complexity index is 672. The molecule has 126 valence electrons. The third-order valence-electron chi connectivity index (χ3n) is 3.08. The van der Waals surface area contributed by atoms with Gasteiger partial charge in [-0.05, 0) is 23.9 Å². The Hall–Kier alpha value is -2.67. The van der Waals surface area contributed by atoms with Gasteiger partial charge in [0.05, 0.1) is 12.8 Å². The van der Waals surface area contributed by atoms with Crippen LogP contribution in [-0.4, -0.2) is 30.9 Å². The van der Waals surface area contributed by atoms with Crippen molar-refractivity contribution in [3.8, 4) is 0 Å². The average Bonchev–Trinajstić information content (AvgIpc) is 3.09. The van der Waals surface area contributed by atoms with Gasteiger partial charge in [-0.1, -0.05) is 36.4 Å². The second kappa shape index (κ2) is 9.46. The SMILES string of the molecule is CCOC(=O)N[C@@H](Cc1ccccc1)C(=O)N/N=C\c1cccs1. The van der Waals surface area contributed by atoms with Crippen LogP contribution in [0.4, 0.5) is 4.79 Å². The van der Waals surface area contributed by atoms with E-state index in [0.717, 1.165) is 10.4 Å². The normalized spacial score (nSPS) is 11.9. The number of rotatable bonds is 7. The number of alkyl carbamates (subject to hydrolysis) is 1. The first kappa shape index (κ1) is 17.7. The first-order chi connectivity index (χ1) is 11.7. The molecule has 6 nitrogen and oxygen atoms in total. The van der Waals surface area contributed by atoms with E-state index in [1.54, 1.807) is 13.1 Å². The fourth-order valence-corrected chi connectivity index (χ4v) is 2.56. The van der Waals surface area contributed by atoms with E-state index < -0.39 is 18.0 Å². The number of hydrogen-bond acceptors (Lipinski definition) is 5. The first-order valence-electron chi connectivity index (χ1n) is 7.52. The maximum atomic E-state index is 12.3. The van der Waals surface area contributed by atoms with Crippen LogP contribution in [0.25, 0.3) is 0 Å². The van der Waals surface area contributed by atoms with Crippen LogP contribution in [0.3, 0.4) is 0 Å². The maximum absolute atomic E-state index is 12.3. The quantitative estimate of drug-likeness (QED) is 0.598. The lowest BCUT2D eigenvalue weighted by molar-refractivity contribution is -0.123. The number of hydrogen-bond donors (Lipinski definition) is 2. The third kappa shape index (κ3) is 5.85. The summed E-state index contributed by atoms with van der Waals surface area (Å²) in [6.07, 6.45) is 1.28. The summed E-state index contributed by atoms with van der Waals surface area (Å²) in [6, 6.07) is 12.4. The van der Waals surface area contributed by atoms with E-state index in [0.29, 0.717) is 6.42 Å². The molecule has 2 N–H and O–H groups in total. The second-order valence-corrected chi connectivity index (χ2v) is 5.84. The molecule has 0 spiro atoms. The van der Waals surface area contributed by atoms with Crippen molar-refractivity contribution in [3.05, 3.63) is 58.3 Å². The van der Waals surface area contributed by atoms with Crippen molar-refractivity contribution in [1.82, 2.24) is 10.7 Å². The Morgan fingerprint density at radius 3 is 2.71 bits per heavy atom. The standard InChI is InChI=1S/C17H19N3O3S/c1-2-23-17(22)19-15(11-13-7-4-3-5-8-13)16(21)20-18-12-14-9-6-10-24-14/h3-10,12,15H,2,11H2,1H3,(H,19,22)(H,20,21)/b18-12-/t15-/m0/s1. The number of amides is 2. The molecule has 7 heteroatoms.